The number of aromatic nitrogens is 2. The summed E-state index contributed by atoms with van der Waals surface area (Å²) in [5.74, 6) is -2.48. The molecule has 2 atom stereocenters. The van der Waals surface area contributed by atoms with Gasteiger partial charge >= 0.3 is 12.1 Å². The summed E-state index contributed by atoms with van der Waals surface area (Å²) in [6.45, 7) is 7.35. The molecular weight excluding hydrogens is 597 g/mol. The second-order valence-corrected chi connectivity index (χ2v) is 12.5. The minimum Gasteiger partial charge on any atom is -0.337 e. The normalized spacial score (nSPS) is 16.1. The molecule has 1 aromatic heterocycles. The molecule has 1 aliphatic heterocycles. The van der Waals surface area contributed by atoms with Gasteiger partial charge in [-0.05, 0) is 67.1 Å². The Kier molecular flexibility index (Phi) is 9.59. The quantitative estimate of drug-likeness (QED) is 0.320. The Hall–Kier alpha value is -4.11. The van der Waals surface area contributed by atoms with Crippen LogP contribution in [0.1, 0.15) is 62.9 Å². The van der Waals surface area contributed by atoms with Gasteiger partial charge in [-0.2, -0.15) is 18.4 Å². The minimum atomic E-state index is -5.04. The van der Waals surface area contributed by atoms with Crippen molar-refractivity contribution in [2.75, 3.05) is 11.9 Å². The van der Waals surface area contributed by atoms with Crippen LogP contribution in [0.15, 0.2) is 42.5 Å². The summed E-state index contributed by atoms with van der Waals surface area (Å²) in [6, 6.07) is 12.1. The Labute approximate surface area is 258 Å². The van der Waals surface area contributed by atoms with Crippen LogP contribution in [0.25, 0.3) is 11.0 Å². The lowest BCUT2D eigenvalue weighted by atomic mass is 9.86. The molecule has 1 saturated heterocycles. The fraction of sp³-hybridized carbons (Fsp3) is 0.452. The molecule has 0 radical (unpaired) electrons. The number of carbonyl (C=O) groups excluding carboxylic acids is 3. The van der Waals surface area contributed by atoms with Crippen molar-refractivity contribution in [3.05, 3.63) is 58.6 Å². The molecular formula is C31H34ClF3N6O3. The number of rotatable bonds is 8. The van der Waals surface area contributed by atoms with Gasteiger partial charge in [-0.15, -0.1) is 0 Å². The van der Waals surface area contributed by atoms with E-state index in [9.17, 15) is 27.6 Å². The van der Waals surface area contributed by atoms with Crippen molar-refractivity contribution in [1.29, 1.82) is 5.26 Å². The van der Waals surface area contributed by atoms with Crippen LogP contribution in [0.4, 0.5) is 19.1 Å². The lowest BCUT2D eigenvalue weighted by Gasteiger charge is -2.38. The largest absolute Gasteiger partial charge is 0.471 e. The van der Waals surface area contributed by atoms with Gasteiger partial charge in [-0.3, -0.25) is 19.7 Å². The van der Waals surface area contributed by atoms with E-state index in [2.05, 4.69) is 10.3 Å². The molecule has 0 aliphatic carbocycles. The maximum atomic E-state index is 13.6. The number of benzene rings is 2. The maximum Gasteiger partial charge on any atom is 0.471 e. The van der Waals surface area contributed by atoms with Gasteiger partial charge in [-0.25, -0.2) is 4.98 Å². The van der Waals surface area contributed by atoms with Gasteiger partial charge in [0.1, 0.15) is 6.42 Å². The van der Waals surface area contributed by atoms with Crippen molar-refractivity contribution in [2.24, 2.45) is 5.41 Å². The van der Waals surface area contributed by atoms with Crippen molar-refractivity contribution in [2.45, 2.75) is 78.3 Å². The Morgan fingerprint density at radius 1 is 1.16 bits per heavy atom. The first-order chi connectivity index (χ1) is 20.6. The maximum absolute atomic E-state index is 13.6. The third kappa shape index (κ3) is 7.33. The number of likely N-dealkylation sites (tertiary alicyclic amines) is 1. The third-order valence-corrected chi connectivity index (χ3v) is 8.29. The molecule has 0 bridgehead atoms. The average molecular weight is 631 g/mol. The van der Waals surface area contributed by atoms with Crippen LogP contribution in [0.2, 0.25) is 5.02 Å². The number of amides is 3. The van der Waals surface area contributed by atoms with E-state index in [4.69, 9.17) is 16.9 Å². The van der Waals surface area contributed by atoms with Crippen molar-refractivity contribution < 1.29 is 27.6 Å². The number of imidazole rings is 1. The van der Waals surface area contributed by atoms with Crippen molar-refractivity contribution in [1.82, 2.24) is 19.4 Å². The Morgan fingerprint density at radius 2 is 1.84 bits per heavy atom. The molecule has 1 aliphatic rings. The van der Waals surface area contributed by atoms with Crippen LogP contribution in [0, 0.1) is 16.7 Å². The zero-order valence-corrected chi connectivity index (χ0v) is 25.7. The molecule has 4 rings (SSSR count). The fourth-order valence-corrected chi connectivity index (χ4v) is 5.40. The lowest BCUT2D eigenvalue weighted by molar-refractivity contribution is -0.190. The molecule has 0 saturated carbocycles. The number of alkyl halides is 3. The van der Waals surface area contributed by atoms with Gasteiger partial charge in [0.2, 0.25) is 11.9 Å². The number of nitrogens with zero attached hydrogens (tertiary/aromatic N) is 5. The molecule has 2 unspecified atom stereocenters. The number of fused-ring (bicyclic) bond motifs is 1. The van der Waals surface area contributed by atoms with Gasteiger partial charge in [0.15, 0.2) is 0 Å². The molecule has 44 heavy (non-hydrogen) atoms. The summed E-state index contributed by atoms with van der Waals surface area (Å²) in [5.41, 5.74) is 1.11. The highest BCUT2D eigenvalue weighted by Crippen LogP contribution is 2.31. The van der Waals surface area contributed by atoms with Crippen LogP contribution in [0.5, 0.6) is 0 Å². The molecule has 1 fully saturated rings. The number of anilines is 1. The highest BCUT2D eigenvalue weighted by atomic mass is 35.5. The van der Waals surface area contributed by atoms with E-state index in [1.807, 2.05) is 6.07 Å². The zero-order chi connectivity index (χ0) is 32.4. The van der Waals surface area contributed by atoms with Crippen LogP contribution in [-0.4, -0.2) is 61.9 Å². The van der Waals surface area contributed by atoms with Crippen LogP contribution in [0.3, 0.4) is 0 Å². The van der Waals surface area contributed by atoms with E-state index in [0.717, 1.165) is 11.3 Å². The van der Waals surface area contributed by atoms with E-state index in [1.54, 1.807) is 79.6 Å². The lowest BCUT2D eigenvalue weighted by Crippen LogP contribution is -2.50. The van der Waals surface area contributed by atoms with Crippen LogP contribution in [-0.2, 0) is 22.7 Å². The Morgan fingerprint density at radius 3 is 2.45 bits per heavy atom. The number of carbonyl (C=O) groups is 3. The van der Waals surface area contributed by atoms with Crippen LogP contribution < -0.4 is 5.32 Å². The molecule has 9 nitrogen and oxygen atoms in total. The number of nitrogens with one attached hydrogen (secondary N) is 1. The van der Waals surface area contributed by atoms with Gasteiger partial charge < -0.3 is 14.4 Å². The summed E-state index contributed by atoms with van der Waals surface area (Å²) in [4.78, 5) is 45.3. The first-order valence-corrected chi connectivity index (χ1v) is 14.6. The predicted octanol–water partition coefficient (Wildman–Crippen LogP) is 6.17. The Bertz CT molecular complexity index is 1590. The van der Waals surface area contributed by atoms with E-state index < -0.39 is 29.4 Å². The number of halogens is 4. The predicted molar refractivity (Wildman–Crippen MR) is 160 cm³/mol. The fourth-order valence-electron chi connectivity index (χ4n) is 5.27. The molecule has 3 amide bonds. The summed E-state index contributed by atoms with van der Waals surface area (Å²) >= 11 is 5.96. The summed E-state index contributed by atoms with van der Waals surface area (Å²) in [6.07, 6.45) is -3.86. The third-order valence-electron chi connectivity index (χ3n) is 8.04. The zero-order valence-electron chi connectivity index (χ0n) is 24.9. The standard InChI is InChI=1S/C31H34ClF3N6O3/c1-19(30(2,3)4)40(28(44)31(33,34)35)17-20-7-12-25-24(16-20)37-29(38-27(43)21-8-10-22(32)11-9-21)41(25)18-23-6-5-15-39(23)26(42)13-14-36/h7-12,16,19,23H,5-6,13,15,17-18H2,1-4H3,(H,37,38,43). The number of nitriles is 1. The van der Waals surface area contributed by atoms with E-state index >= 15 is 0 Å². The van der Waals surface area contributed by atoms with Crippen LogP contribution >= 0.6 is 11.6 Å². The molecule has 0 spiro atoms. The van der Waals surface area contributed by atoms with E-state index in [0.29, 0.717) is 40.1 Å². The van der Waals surface area contributed by atoms with Crippen molar-refractivity contribution in [3.63, 3.8) is 0 Å². The second kappa shape index (κ2) is 12.9. The van der Waals surface area contributed by atoms with Gasteiger partial charge in [0.25, 0.3) is 5.91 Å². The first kappa shape index (κ1) is 32.8. The smallest absolute Gasteiger partial charge is 0.337 e. The summed E-state index contributed by atoms with van der Waals surface area (Å²) in [5, 5.41) is 12.3. The highest BCUT2D eigenvalue weighted by molar-refractivity contribution is 6.30. The van der Waals surface area contributed by atoms with Gasteiger partial charge in [-0.1, -0.05) is 38.4 Å². The average Bonchev–Trinajstić information content (AvgIpc) is 3.55. The van der Waals surface area contributed by atoms with E-state index in [-0.39, 0.29) is 37.4 Å². The Balaban J connectivity index is 1.73. The van der Waals surface area contributed by atoms with Gasteiger partial charge in [0, 0.05) is 42.3 Å². The molecule has 13 heteroatoms. The molecule has 3 aromatic rings. The summed E-state index contributed by atoms with van der Waals surface area (Å²) in [7, 11) is 0. The monoisotopic (exact) mass is 630 g/mol. The molecule has 2 aromatic carbocycles. The summed E-state index contributed by atoms with van der Waals surface area (Å²) < 4.78 is 42.5. The minimum absolute atomic E-state index is 0.183. The molecule has 234 valence electrons. The highest BCUT2D eigenvalue weighted by Gasteiger charge is 2.45. The number of hydrogen-bond donors (Lipinski definition) is 1. The van der Waals surface area contributed by atoms with Crippen molar-refractivity contribution >= 4 is 46.3 Å². The topological polar surface area (TPSA) is 111 Å². The van der Waals surface area contributed by atoms with E-state index in [1.165, 1.54) is 0 Å². The van der Waals surface area contributed by atoms with Gasteiger partial charge in [0.05, 0.1) is 17.1 Å². The second-order valence-electron chi connectivity index (χ2n) is 12.0. The SMILES string of the molecule is CC(N(Cc1ccc2c(c1)nc(NC(=O)c1ccc(Cl)cc1)n2CC1CCCN1C(=O)CC#N)C(=O)C(F)(F)F)C(C)(C)C. The van der Waals surface area contributed by atoms with Crippen molar-refractivity contribution in [3.8, 4) is 6.07 Å². The molecule has 2 heterocycles. The first-order valence-electron chi connectivity index (χ1n) is 14.2. The molecule has 1 N–H and O–H groups in total. The number of hydrogen-bond acceptors (Lipinski definition) is 5.